The summed E-state index contributed by atoms with van der Waals surface area (Å²) in [5.41, 5.74) is 0. The monoisotopic (exact) mass is 184 g/mol. The van der Waals surface area contributed by atoms with E-state index in [-0.39, 0.29) is 0 Å². The van der Waals surface area contributed by atoms with E-state index >= 15 is 0 Å². The van der Waals surface area contributed by atoms with Crippen LogP contribution < -0.4 is 0 Å². The lowest BCUT2D eigenvalue weighted by atomic mass is 10.1. The second-order valence-corrected chi connectivity index (χ2v) is 4.28. The van der Waals surface area contributed by atoms with Crippen molar-refractivity contribution in [2.75, 3.05) is 33.2 Å². The Morgan fingerprint density at radius 1 is 1.23 bits per heavy atom. The molecular weight excluding hydrogens is 164 g/mol. The largest absolute Gasteiger partial charge is 0.340 e. The fourth-order valence-corrected chi connectivity index (χ4v) is 1.53. The topological polar surface area (TPSA) is 23.6 Å². The first kappa shape index (κ1) is 10.5. The van der Waals surface area contributed by atoms with Crippen molar-refractivity contribution in [2.45, 2.75) is 20.3 Å². The number of amides is 1. The summed E-state index contributed by atoms with van der Waals surface area (Å²) < 4.78 is 0. The van der Waals surface area contributed by atoms with Crippen LogP contribution >= 0.6 is 0 Å². The molecular formula is C10H20N2O. The number of piperazine rings is 1. The lowest BCUT2D eigenvalue weighted by Crippen LogP contribution is -2.47. The summed E-state index contributed by atoms with van der Waals surface area (Å²) in [6.45, 7) is 8.03. The molecule has 0 radical (unpaired) electrons. The van der Waals surface area contributed by atoms with E-state index in [0.717, 1.165) is 26.2 Å². The summed E-state index contributed by atoms with van der Waals surface area (Å²) in [5.74, 6) is 0.801. The van der Waals surface area contributed by atoms with Gasteiger partial charge in [-0.25, -0.2) is 0 Å². The summed E-state index contributed by atoms with van der Waals surface area (Å²) in [7, 11) is 2.10. The quantitative estimate of drug-likeness (QED) is 0.634. The molecule has 1 fully saturated rings. The highest BCUT2D eigenvalue weighted by molar-refractivity contribution is 5.76. The standard InChI is InChI=1S/C10H20N2O/c1-9(2)8-10(13)12-6-4-11(3)5-7-12/h9H,4-8H2,1-3H3. The van der Waals surface area contributed by atoms with Gasteiger partial charge in [-0.1, -0.05) is 13.8 Å². The van der Waals surface area contributed by atoms with Crippen molar-refractivity contribution in [2.24, 2.45) is 5.92 Å². The Hall–Kier alpha value is -0.570. The number of nitrogens with zero attached hydrogens (tertiary/aromatic N) is 2. The second kappa shape index (κ2) is 4.61. The van der Waals surface area contributed by atoms with E-state index in [1.54, 1.807) is 0 Å². The van der Waals surface area contributed by atoms with Gasteiger partial charge in [0.1, 0.15) is 0 Å². The molecule has 1 saturated heterocycles. The lowest BCUT2D eigenvalue weighted by molar-refractivity contribution is -0.133. The molecule has 1 rings (SSSR count). The molecule has 3 nitrogen and oxygen atoms in total. The Balaban J connectivity index is 2.31. The van der Waals surface area contributed by atoms with Crippen molar-refractivity contribution in [1.29, 1.82) is 0 Å². The van der Waals surface area contributed by atoms with Crippen LogP contribution in [0, 0.1) is 5.92 Å². The minimum Gasteiger partial charge on any atom is -0.340 e. The van der Waals surface area contributed by atoms with Crippen LogP contribution in [-0.2, 0) is 4.79 Å². The van der Waals surface area contributed by atoms with Crippen molar-refractivity contribution in [1.82, 2.24) is 9.80 Å². The highest BCUT2D eigenvalue weighted by Gasteiger charge is 2.18. The number of likely N-dealkylation sites (N-methyl/N-ethyl adjacent to an activating group) is 1. The number of hydrogen-bond donors (Lipinski definition) is 0. The van der Waals surface area contributed by atoms with Gasteiger partial charge >= 0.3 is 0 Å². The minimum atomic E-state index is 0.322. The maximum Gasteiger partial charge on any atom is 0.222 e. The Morgan fingerprint density at radius 3 is 2.23 bits per heavy atom. The number of carbonyl (C=O) groups is 1. The van der Waals surface area contributed by atoms with E-state index in [4.69, 9.17) is 0 Å². The van der Waals surface area contributed by atoms with E-state index in [2.05, 4.69) is 25.8 Å². The third-order valence-electron chi connectivity index (χ3n) is 2.44. The molecule has 13 heavy (non-hydrogen) atoms. The fourth-order valence-electron chi connectivity index (χ4n) is 1.53. The molecule has 0 aromatic heterocycles. The summed E-state index contributed by atoms with van der Waals surface area (Å²) in [6, 6.07) is 0. The molecule has 0 saturated carbocycles. The summed E-state index contributed by atoms with van der Waals surface area (Å²) in [6.07, 6.45) is 0.698. The predicted molar refractivity (Wildman–Crippen MR) is 53.5 cm³/mol. The molecule has 1 heterocycles. The van der Waals surface area contributed by atoms with Crippen LogP contribution in [0.25, 0.3) is 0 Å². The van der Waals surface area contributed by atoms with Crippen molar-refractivity contribution in [3.05, 3.63) is 0 Å². The van der Waals surface area contributed by atoms with Crippen LogP contribution in [0.4, 0.5) is 0 Å². The van der Waals surface area contributed by atoms with Crippen LogP contribution in [-0.4, -0.2) is 48.9 Å². The zero-order valence-electron chi connectivity index (χ0n) is 8.92. The Bertz CT molecular complexity index is 172. The molecule has 76 valence electrons. The Morgan fingerprint density at radius 2 is 1.77 bits per heavy atom. The number of hydrogen-bond acceptors (Lipinski definition) is 2. The average Bonchev–Trinajstić information content (AvgIpc) is 2.04. The van der Waals surface area contributed by atoms with E-state index in [9.17, 15) is 4.79 Å². The molecule has 0 aromatic carbocycles. The van der Waals surface area contributed by atoms with Gasteiger partial charge in [0.15, 0.2) is 0 Å². The molecule has 0 aromatic rings. The van der Waals surface area contributed by atoms with Crippen LogP contribution in [0.3, 0.4) is 0 Å². The van der Waals surface area contributed by atoms with Gasteiger partial charge in [-0.3, -0.25) is 4.79 Å². The first-order chi connectivity index (χ1) is 6.09. The highest BCUT2D eigenvalue weighted by atomic mass is 16.2. The third-order valence-corrected chi connectivity index (χ3v) is 2.44. The first-order valence-corrected chi connectivity index (χ1v) is 5.06. The summed E-state index contributed by atoms with van der Waals surface area (Å²) in [4.78, 5) is 15.9. The molecule has 0 N–H and O–H groups in total. The molecule has 3 heteroatoms. The van der Waals surface area contributed by atoms with Crippen molar-refractivity contribution >= 4 is 5.91 Å². The van der Waals surface area contributed by atoms with E-state index < -0.39 is 0 Å². The zero-order chi connectivity index (χ0) is 9.84. The molecule has 0 atom stereocenters. The Kier molecular flexibility index (Phi) is 3.72. The smallest absolute Gasteiger partial charge is 0.222 e. The van der Waals surface area contributed by atoms with Gasteiger partial charge in [0.2, 0.25) is 5.91 Å². The van der Waals surface area contributed by atoms with E-state index in [1.165, 1.54) is 0 Å². The van der Waals surface area contributed by atoms with E-state index in [1.807, 2.05) is 4.90 Å². The van der Waals surface area contributed by atoms with Gasteiger partial charge in [0.25, 0.3) is 0 Å². The van der Waals surface area contributed by atoms with Gasteiger partial charge in [-0.2, -0.15) is 0 Å². The van der Waals surface area contributed by atoms with Gasteiger partial charge in [-0.15, -0.1) is 0 Å². The maximum atomic E-state index is 11.6. The number of carbonyl (C=O) groups excluding carboxylic acids is 1. The molecule has 1 amide bonds. The maximum absolute atomic E-state index is 11.6. The van der Waals surface area contributed by atoms with Crippen LogP contribution in [0.15, 0.2) is 0 Å². The van der Waals surface area contributed by atoms with Crippen molar-refractivity contribution in [3.8, 4) is 0 Å². The molecule has 1 aliphatic heterocycles. The van der Waals surface area contributed by atoms with Crippen molar-refractivity contribution < 1.29 is 4.79 Å². The third kappa shape index (κ3) is 3.35. The Labute approximate surface area is 80.7 Å². The number of rotatable bonds is 2. The minimum absolute atomic E-state index is 0.322. The van der Waals surface area contributed by atoms with E-state index in [0.29, 0.717) is 18.2 Å². The molecule has 0 unspecified atom stereocenters. The highest BCUT2D eigenvalue weighted by Crippen LogP contribution is 2.06. The molecule has 0 bridgehead atoms. The summed E-state index contributed by atoms with van der Waals surface area (Å²) >= 11 is 0. The molecule has 0 spiro atoms. The zero-order valence-corrected chi connectivity index (χ0v) is 8.92. The normalized spacial score (nSPS) is 19.5. The van der Waals surface area contributed by atoms with Crippen LogP contribution in [0.5, 0.6) is 0 Å². The van der Waals surface area contributed by atoms with Gasteiger partial charge < -0.3 is 9.80 Å². The predicted octanol–water partition coefficient (Wildman–Crippen LogP) is 0.806. The molecule has 1 aliphatic rings. The van der Waals surface area contributed by atoms with Crippen LogP contribution in [0.1, 0.15) is 20.3 Å². The van der Waals surface area contributed by atoms with Gasteiger partial charge in [-0.05, 0) is 13.0 Å². The van der Waals surface area contributed by atoms with Gasteiger partial charge in [0.05, 0.1) is 0 Å². The van der Waals surface area contributed by atoms with Crippen LogP contribution in [0.2, 0.25) is 0 Å². The average molecular weight is 184 g/mol. The SMILES string of the molecule is CC(C)CC(=O)N1CCN(C)CC1. The van der Waals surface area contributed by atoms with Gasteiger partial charge in [0, 0.05) is 32.6 Å². The molecule has 0 aliphatic carbocycles. The fraction of sp³-hybridized carbons (Fsp3) is 0.900. The lowest BCUT2D eigenvalue weighted by Gasteiger charge is -2.32. The summed E-state index contributed by atoms with van der Waals surface area (Å²) in [5, 5.41) is 0. The second-order valence-electron chi connectivity index (χ2n) is 4.28. The van der Waals surface area contributed by atoms with Crippen molar-refractivity contribution in [3.63, 3.8) is 0 Å². The first-order valence-electron chi connectivity index (χ1n) is 5.06.